The van der Waals surface area contributed by atoms with E-state index in [1.807, 2.05) is 0 Å². The van der Waals surface area contributed by atoms with Gasteiger partial charge in [0.25, 0.3) is 0 Å². The monoisotopic (exact) mass is 457 g/mol. The van der Waals surface area contributed by atoms with Crippen LogP contribution in [0.4, 0.5) is 0 Å². The van der Waals surface area contributed by atoms with Gasteiger partial charge in [-0.3, -0.25) is 19.2 Å². The molecule has 0 aliphatic rings. The quantitative estimate of drug-likeness (QED) is 0.136. The summed E-state index contributed by atoms with van der Waals surface area (Å²) >= 11 is 0. The number of nitrogens with two attached hydrogens (primary N) is 2. The summed E-state index contributed by atoms with van der Waals surface area (Å²) < 4.78 is 0. The Morgan fingerprint density at radius 3 is 2.19 bits per heavy atom. The normalized spacial score (nSPS) is 15.5. The smallest absolute Gasteiger partial charge is 0.326 e. The maximum Gasteiger partial charge on any atom is 0.326 e. The van der Waals surface area contributed by atoms with Crippen LogP contribution in [-0.4, -0.2) is 91.8 Å². The minimum atomic E-state index is -1.64. The molecule has 0 fully saturated rings. The SMILES string of the molecule is CC(O)C(NC(=O)C(N)CO)C(=O)NC(Cc1cnc[nH]1)C(=O)NC(CC(N)=O)C(=O)O. The molecule has 178 valence electrons. The largest absolute Gasteiger partial charge is 0.480 e. The lowest BCUT2D eigenvalue weighted by Gasteiger charge is -2.26. The molecular formula is C17H27N7O8. The fraction of sp³-hybridized carbons (Fsp3) is 0.529. The van der Waals surface area contributed by atoms with Crippen LogP contribution in [0.25, 0.3) is 0 Å². The summed E-state index contributed by atoms with van der Waals surface area (Å²) in [6.07, 6.45) is 0.406. The van der Waals surface area contributed by atoms with Gasteiger partial charge in [0.2, 0.25) is 23.6 Å². The third kappa shape index (κ3) is 8.29. The third-order valence-corrected chi connectivity index (χ3v) is 4.23. The molecule has 4 amide bonds. The van der Waals surface area contributed by atoms with Gasteiger partial charge in [0.05, 0.1) is 25.5 Å². The number of carbonyl (C=O) groups excluding carboxylic acids is 4. The van der Waals surface area contributed by atoms with Crippen molar-refractivity contribution in [1.82, 2.24) is 25.9 Å². The number of aromatic amines is 1. The number of rotatable bonds is 13. The van der Waals surface area contributed by atoms with Gasteiger partial charge in [0.1, 0.15) is 24.2 Å². The van der Waals surface area contributed by atoms with Crippen LogP contribution in [0.15, 0.2) is 12.5 Å². The van der Waals surface area contributed by atoms with Gasteiger partial charge in [-0.1, -0.05) is 0 Å². The van der Waals surface area contributed by atoms with E-state index >= 15 is 0 Å². The van der Waals surface area contributed by atoms with Crippen molar-refractivity contribution in [3.8, 4) is 0 Å². The van der Waals surface area contributed by atoms with E-state index in [-0.39, 0.29) is 6.42 Å². The van der Waals surface area contributed by atoms with Gasteiger partial charge in [-0.2, -0.15) is 0 Å². The summed E-state index contributed by atoms with van der Waals surface area (Å²) in [7, 11) is 0. The molecule has 5 atom stereocenters. The van der Waals surface area contributed by atoms with Crippen LogP contribution in [0.1, 0.15) is 19.0 Å². The molecule has 1 aromatic heterocycles. The number of hydrogen-bond acceptors (Lipinski definition) is 9. The van der Waals surface area contributed by atoms with Crippen LogP contribution in [-0.2, 0) is 30.4 Å². The van der Waals surface area contributed by atoms with Crippen molar-refractivity contribution in [2.75, 3.05) is 6.61 Å². The number of aromatic nitrogens is 2. The first-order valence-electron chi connectivity index (χ1n) is 9.40. The van der Waals surface area contributed by atoms with E-state index in [0.29, 0.717) is 5.69 Å². The van der Waals surface area contributed by atoms with Crippen LogP contribution >= 0.6 is 0 Å². The zero-order valence-corrected chi connectivity index (χ0v) is 17.1. The Morgan fingerprint density at radius 1 is 1.09 bits per heavy atom. The highest BCUT2D eigenvalue weighted by Crippen LogP contribution is 2.03. The summed E-state index contributed by atoms with van der Waals surface area (Å²) in [6.45, 7) is 0.494. The van der Waals surface area contributed by atoms with Gasteiger partial charge in [-0.05, 0) is 6.92 Å². The maximum atomic E-state index is 12.7. The number of carboxylic acid groups (broad SMARTS) is 1. The van der Waals surface area contributed by atoms with Crippen LogP contribution in [0.5, 0.6) is 0 Å². The summed E-state index contributed by atoms with van der Waals surface area (Å²) in [5, 5.41) is 34.6. The molecule has 0 aliphatic carbocycles. The first-order valence-corrected chi connectivity index (χ1v) is 9.40. The van der Waals surface area contributed by atoms with Gasteiger partial charge in [0.15, 0.2) is 0 Å². The molecule has 0 radical (unpaired) electrons. The number of imidazole rings is 1. The second-order valence-corrected chi connectivity index (χ2v) is 6.93. The number of aliphatic hydroxyl groups excluding tert-OH is 2. The van der Waals surface area contributed by atoms with Gasteiger partial charge in [0, 0.05) is 18.3 Å². The Labute approximate surface area is 181 Å². The van der Waals surface area contributed by atoms with Gasteiger partial charge >= 0.3 is 5.97 Å². The van der Waals surface area contributed by atoms with Crippen LogP contribution in [0, 0.1) is 0 Å². The molecule has 1 aromatic rings. The number of primary amides is 1. The number of nitrogens with zero attached hydrogens (tertiary/aromatic N) is 1. The predicted molar refractivity (Wildman–Crippen MR) is 106 cm³/mol. The van der Waals surface area contributed by atoms with Crippen LogP contribution in [0.2, 0.25) is 0 Å². The van der Waals surface area contributed by atoms with Crippen molar-refractivity contribution in [1.29, 1.82) is 0 Å². The van der Waals surface area contributed by atoms with E-state index < -0.39 is 72.9 Å². The lowest BCUT2D eigenvalue weighted by Crippen LogP contribution is -2.60. The van der Waals surface area contributed by atoms with Gasteiger partial charge < -0.3 is 47.7 Å². The van der Waals surface area contributed by atoms with E-state index in [2.05, 4.69) is 25.9 Å². The Kier molecular flexibility index (Phi) is 10.2. The topological polar surface area (TPSA) is 263 Å². The molecule has 0 spiro atoms. The van der Waals surface area contributed by atoms with Crippen molar-refractivity contribution >= 4 is 29.6 Å². The minimum absolute atomic E-state index is 0.170. The highest BCUT2D eigenvalue weighted by atomic mass is 16.4. The number of aliphatic carboxylic acids is 1. The van der Waals surface area contributed by atoms with E-state index in [0.717, 1.165) is 0 Å². The lowest BCUT2D eigenvalue weighted by molar-refractivity contribution is -0.143. The first-order chi connectivity index (χ1) is 15.0. The first kappa shape index (κ1) is 26.5. The lowest BCUT2D eigenvalue weighted by atomic mass is 10.1. The summed E-state index contributed by atoms with van der Waals surface area (Å²) in [6, 6.07) is -5.92. The number of H-pyrrole nitrogens is 1. The predicted octanol–water partition coefficient (Wildman–Crippen LogP) is -4.93. The molecule has 1 heterocycles. The van der Waals surface area contributed by atoms with E-state index in [9.17, 15) is 34.2 Å². The number of hydrogen-bond donors (Lipinski definition) is 9. The fourth-order valence-corrected chi connectivity index (χ4v) is 2.51. The molecule has 32 heavy (non-hydrogen) atoms. The number of carboxylic acids is 1. The number of carbonyl (C=O) groups is 5. The van der Waals surface area contributed by atoms with Crippen LogP contribution < -0.4 is 27.4 Å². The minimum Gasteiger partial charge on any atom is -0.480 e. The molecule has 5 unspecified atom stereocenters. The number of aliphatic hydroxyl groups is 2. The van der Waals surface area contributed by atoms with Gasteiger partial charge in [-0.25, -0.2) is 9.78 Å². The van der Waals surface area contributed by atoms with Crippen molar-refractivity contribution in [3.63, 3.8) is 0 Å². The van der Waals surface area contributed by atoms with Crippen molar-refractivity contribution < 1.29 is 39.3 Å². The zero-order chi connectivity index (χ0) is 24.4. The molecular weight excluding hydrogens is 430 g/mol. The molecule has 0 saturated carbocycles. The molecule has 15 heteroatoms. The highest BCUT2D eigenvalue weighted by Gasteiger charge is 2.33. The molecule has 0 bridgehead atoms. The summed E-state index contributed by atoms with van der Waals surface area (Å²) in [5.74, 6) is -5.36. The Bertz CT molecular complexity index is 814. The summed E-state index contributed by atoms with van der Waals surface area (Å²) in [4.78, 5) is 66.2. The molecule has 1 rings (SSSR count). The van der Waals surface area contributed by atoms with Crippen molar-refractivity contribution in [2.24, 2.45) is 11.5 Å². The third-order valence-electron chi connectivity index (χ3n) is 4.23. The highest BCUT2D eigenvalue weighted by molar-refractivity contribution is 5.95. The fourth-order valence-electron chi connectivity index (χ4n) is 2.51. The maximum absolute atomic E-state index is 12.7. The van der Waals surface area contributed by atoms with E-state index in [1.54, 1.807) is 0 Å². The Morgan fingerprint density at radius 2 is 1.72 bits per heavy atom. The van der Waals surface area contributed by atoms with E-state index in [1.165, 1.54) is 19.4 Å². The van der Waals surface area contributed by atoms with Gasteiger partial charge in [-0.15, -0.1) is 0 Å². The second kappa shape index (κ2) is 12.3. The Balaban J connectivity index is 3.04. The van der Waals surface area contributed by atoms with Crippen molar-refractivity contribution in [2.45, 2.75) is 50.0 Å². The second-order valence-electron chi connectivity index (χ2n) is 6.93. The molecule has 11 N–H and O–H groups in total. The Hall–Kier alpha value is -3.56. The number of nitrogens with one attached hydrogen (secondary N) is 4. The van der Waals surface area contributed by atoms with E-state index in [4.69, 9.17) is 16.6 Å². The summed E-state index contributed by atoms with van der Waals surface area (Å²) in [5.41, 5.74) is 10.8. The molecule has 0 aromatic carbocycles. The van der Waals surface area contributed by atoms with Crippen LogP contribution in [0.3, 0.4) is 0 Å². The molecule has 0 saturated heterocycles. The van der Waals surface area contributed by atoms with Crippen molar-refractivity contribution in [3.05, 3.63) is 18.2 Å². The zero-order valence-electron chi connectivity index (χ0n) is 17.1. The number of amides is 4. The molecule has 15 nitrogen and oxygen atoms in total. The average Bonchev–Trinajstić information content (AvgIpc) is 3.22. The standard InChI is InChI=1S/C17H27N7O8/c1-7(26)13(24-14(28)9(18)5-25)16(30)22-10(2-8-4-20-6-21-8)15(29)23-11(17(31)32)3-12(19)27/h4,6-7,9-11,13,25-26H,2-3,5,18H2,1H3,(H2,19,27)(H,20,21)(H,22,30)(H,23,29)(H,24,28)(H,31,32). The molecule has 0 aliphatic heterocycles. The average molecular weight is 457 g/mol.